The molecule has 0 spiro atoms. The second kappa shape index (κ2) is 6.49. The van der Waals surface area contributed by atoms with Gasteiger partial charge in [-0.1, -0.05) is 31.1 Å². The van der Waals surface area contributed by atoms with E-state index < -0.39 is 5.41 Å². The van der Waals surface area contributed by atoms with E-state index in [0.717, 1.165) is 37.7 Å². The Balaban J connectivity index is 1.61. The summed E-state index contributed by atoms with van der Waals surface area (Å²) in [7, 11) is 0. The first-order valence-corrected chi connectivity index (χ1v) is 9.42. The van der Waals surface area contributed by atoms with Crippen molar-refractivity contribution in [2.24, 2.45) is 0 Å². The maximum Gasteiger partial charge on any atom is 0.249 e. The molecule has 0 radical (unpaired) electrons. The molecule has 1 saturated carbocycles. The van der Waals surface area contributed by atoms with Crippen molar-refractivity contribution in [3.05, 3.63) is 47.4 Å². The largest absolute Gasteiger partial charge is 0.337 e. The lowest BCUT2D eigenvalue weighted by Crippen LogP contribution is -2.44. The van der Waals surface area contributed by atoms with E-state index in [0.29, 0.717) is 18.3 Å². The van der Waals surface area contributed by atoms with Crippen LogP contribution in [0.4, 0.5) is 4.39 Å². The zero-order chi connectivity index (χ0) is 18.3. The number of hydrogen-bond acceptors (Lipinski definition) is 4. The lowest BCUT2D eigenvalue weighted by Gasteiger charge is -2.36. The van der Waals surface area contributed by atoms with Gasteiger partial charge >= 0.3 is 0 Å². The van der Waals surface area contributed by atoms with Gasteiger partial charge in [0.05, 0.1) is 5.41 Å². The topological polar surface area (TPSA) is 59.2 Å². The molecule has 26 heavy (non-hydrogen) atoms. The van der Waals surface area contributed by atoms with Crippen LogP contribution in [0.25, 0.3) is 0 Å². The SMILES string of the molecule is CC(C)c1noc([C@@H]2CCCCN2C(=O)C2(c3ccc(F)cc3)CC2)n1. The number of nitrogens with zero attached hydrogens (tertiary/aromatic N) is 3. The number of halogens is 1. The van der Waals surface area contributed by atoms with Crippen LogP contribution in [0.15, 0.2) is 28.8 Å². The van der Waals surface area contributed by atoms with Crippen LogP contribution in [0.2, 0.25) is 0 Å². The van der Waals surface area contributed by atoms with Crippen LogP contribution in [0.3, 0.4) is 0 Å². The van der Waals surface area contributed by atoms with Crippen LogP contribution in [0, 0.1) is 5.82 Å². The molecule has 1 aromatic carbocycles. The van der Waals surface area contributed by atoms with E-state index in [-0.39, 0.29) is 23.7 Å². The van der Waals surface area contributed by atoms with Gasteiger partial charge in [-0.2, -0.15) is 4.98 Å². The summed E-state index contributed by atoms with van der Waals surface area (Å²) in [5.41, 5.74) is 0.395. The van der Waals surface area contributed by atoms with Crippen molar-refractivity contribution in [2.45, 2.75) is 63.3 Å². The molecule has 138 valence electrons. The zero-order valence-corrected chi connectivity index (χ0v) is 15.2. The summed E-state index contributed by atoms with van der Waals surface area (Å²) in [6.07, 6.45) is 4.47. The average Bonchev–Trinajstić information content (AvgIpc) is 3.30. The molecule has 2 heterocycles. The Kier molecular flexibility index (Phi) is 4.29. The molecule has 4 rings (SSSR count). The molecule has 5 nitrogen and oxygen atoms in total. The molecule has 0 N–H and O–H groups in total. The fourth-order valence-corrected chi connectivity index (χ4v) is 3.84. The van der Waals surface area contributed by atoms with Crippen molar-refractivity contribution in [3.63, 3.8) is 0 Å². The molecule has 2 aliphatic rings. The van der Waals surface area contributed by atoms with E-state index in [2.05, 4.69) is 10.1 Å². The quantitative estimate of drug-likeness (QED) is 0.826. The number of amides is 1. The van der Waals surface area contributed by atoms with Gasteiger partial charge in [0.2, 0.25) is 11.8 Å². The first kappa shape index (κ1) is 17.2. The van der Waals surface area contributed by atoms with Crippen molar-refractivity contribution in [2.75, 3.05) is 6.54 Å². The zero-order valence-electron chi connectivity index (χ0n) is 15.2. The second-order valence-corrected chi connectivity index (χ2v) is 7.74. The van der Waals surface area contributed by atoms with E-state index >= 15 is 0 Å². The van der Waals surface area contributed by atoms with Crippen LogP contribution < -0.4 is 0 Å². The summed E-state index contributed by atoms with van der Waals surface area (Å²) in [6.45, 7) is 4.74. The second-order valence-electron chi connectivity index (χ2n) is 7.74. The Hall–Kier alpha value is -2.24. The van der Waals surface area contributed by atoms with E-state index in [9.17, 15) is 9.18 Å². The highest BCUT2D eigenvalue weighted by Crippen LogP contribution is 2.51. The number of carbonyl (C=O) groups is 1. The van der Waals surface area contributed by atoms with Crippen LogP contribution in [0.1, 0.15) is 75.2 Å². The highest BCUT2D eigenvalue weighted by molar-refractivity contribution is 5.91. The molecule has 2 fully saturated rings. The summed E-state index contributed by atoms with van der Waals surface area (Å²) in [4.78, 5) is 19.9. The van der Waals surface area contributed by atoms with Crippen molar-refractivity contribution >= 4 is 5.91 Å². The van der Waals surface area contributed by atoms with Gasteiger partial charge in [0.1, 0.15) is 11.9 Å². The molecule has 0 bridgehead atoms. The smallest absolute Gasteiger partial charge is 0.249 e. The number of rotatable bonds is 4. The average molecular weight is 357 g/mol. The molecule has 2 aromatic rings. The molecule has 1 atom stereocenters. The Morgan fingerprint density at radius 3 is 2.62 bits per heavy atom. The monoisotopic (exact) mass is 357 g/mol. The number of piperidine rings is 1. The van der Waals surface area contributed by atoms with Gasteiger partial charge in [-0.3, -0.25) is 4.79 Å². The van der Waals surface area contributed by atoms with Gasteiger partial charge in [0, 0.05) is 12.5 Å². The first-order chi connectivity index (χ1) is 12.5. The molecule has 6 heteroatoms. The third-order valence-corrected chi connectivity index (χ3v) is 5.58. The number of carbonyl (C=O) groups excluding carboxylic acids is 1. The van der Waals surface area contributed by atoms with Gasteiger partial charge in [-0.25, -0.2) is 4.39 Å². The molecule has 1 saturated heterocycles. The number of benzene rings is 1. The standard InChI is InChI=1S/C20H24FN3O2/c1-13(2)17-22-18(26-23-17)16-5-3-4-12-24(16)19(25)20(10-11-20)14-6-8-15(21)9-7-14/h6-9,13,16H,3-5,10-12H2,1-2H3/t16-/m0/s1. The summed E-state index contributed by atoms with van der Waals surface area (Å²) >= 11 is 0. The summed E-state index contributed by atoms with van der Waals surface area (Å²) in [5, 5.41) is 4.06. The molecule has 1 amide bonds. The minimum Gasteiger partial charge on any atom is -0.337 e. The molecule has 1 aliphatic heterocycles. The first-order valence-electron chi connectivity index (χ1n) is 9.42. The summed E-state index contributed by atoms with van der Waals surface area (Å²) < 4.78 is 18.8. The van der Waals surface area contributed by atoms with E-state index in [1.165, 1.54) is 12.1 Å². The lowest BCUT2D eigenvalue weighted by atomic mass is 9.91. The summed E-state index contributed by atoms with van der Waals surface area (Å²) in [6, 6.07) is 6.19. The van der Waals surface area contributed by atoms with Crippen molar-refractivity contribution < 1.29 is 13.7 Å². The maximum absolute atomic E-state index is 13.4. The maximum atomic E-state index is 13.4. The fraction of sp³-hybridized carbons (Fsp3) is 0.550. The highest BCUT2D eigenvalue weighted by atomic mass is 19.1. The summed E-state index contributed by atoms with van der Waals surface area (Å²) in [5.74, 6) is 1.24. The lowest BCUT2D eigenvalue weighted by molar-refractivity contribution is -0.138. The Bertz CT molecular complexity index is 796. The van der Waals surface area contributed by atoms with E-state index in [1.54, 1.807) is 12.1 Å². The van der Waals surface area contributed by atoms with E-state index in [1.807, 2.05) is 18.7 Å². The van der Waals surface area contributed by atoms with Gasteiger partial charge in [0.25, 0.3) is 0 Å². The fourth-order valence-electron chi connectivity index (χ4n) is 3.84. The Labute approximate surface area is 152 Å². The molecular weight excluding hydrogens is 333 g/mol. The predicted molar refractivity (Wildman–Crippen MR) is 94.0 cm³/mol. The minimum absolute atomic E-state index is 0.109. The Morgan fingerprint density at radius 1 is 1.27 bits per heavy atom. The molecular formula is C20H24FN3O2. The Morgan fingerprint density at radius 2 is 2.00 bits per heavy atom. The number of aromatic nitrogens is 2. The van der Waals surface area contributed by atoms with Crippen LogP contribution in [-0.4, -0.2) is 27.5 Å². The van der Waals surface area contributed by atoms with Gasteiger partial charge in [-0.15, -0.1) is 0 Å². The van der Waals surface area contributed by atoms with Crippen molar-refractivity contribution in [1.82, 2.24) is 15.0 Å². The van der Waals surface area contributed by atoms with Gasteiger partial charge in [0.15, 0.2) is 5.82 Å². The van der Waals surface area contributed by atoms with Crippen molar-refractivity contribution in [3.8, 4) is 0 Å². The van der Waals surface area contributed by atoms with E-state index in [4.69, 9.17) is 4.52 Å². The van der Waals surface area contributed by atoms with Crippen molar-refractivity contribution in [1.29, 1.82) is 0 Å². The molecule has 1 aliphatic carbocycles. The third-order valence-electron chi connectivity index (χ3n) is 5.58. The normalized spacial score (nSPS) is 21.8. The molecule has 0 unspecified atom stereocenters. The van der Waals surface area contributed by atoms with Crippen LogP contribution >= 0.6 is 0 Å². The molecule has 1 aromatic heterocycles. The van der Waals surface area contributed by atoms with Crippen LogP contribution in [-0.2, 0) is 10.2 Å². The van der Waals surface area contributed by atoms with Gasteiger partial charge < -0.3 is 9.42 Å². The number of likely N-dealkylation sites (tertiary alicyclic amines) is 1. The number of hydrogen-bond donors (Lipinski definition) is 0. The third kappa shape index (κ3) is 2.91. The van der Waals surface area contributed by atoms with Gasteiger partial charge in [-0.05, 0) is 49.8 Å². The predicted octanol–water partition coefficient (Wildman–Crippen LogP) is 4.12. The minimum atomic E-state index is -0.510. The highest BCUT2D eigenvalue weighted by Gasteiger charge is 2.54. The van der Waals surface area contributed by atoms with Crippen LogP contribution in [0.5, 0.6) is 0 Å².